The maximum atomic E-state index is 12.4. The topological polar surface area (TPSA) is 52.6 Å². The van der Waals surface area contributed by atoms with Crippen LogP contribution in [0.15, 0.2) is 18.2 Å². The maximum absolute atomic E-state index is 12.4. The van der Waals surface area contributed by atoms with Crippen LogP contribution in [0.4, 0.5) is 5.69 Å². The summed E-state index contributed by atoms with van der Waals surface area (Å²) >= 11 is 6.13. The van der Waals surface area contributed by atoms with Gasteiger partial charge in [0.1, 0.15) is 0 Å². The number of carbonyl (C=O) groups is 1. The lowest BCUT2D eigenvalue weighted by Gasteiger charge is -2.21. The molecule has 2 unspecified atom stereocenters. The number of benzene rings is 1. The van der Waals surface area contributed by atoms with Gasteiger partial charge < -0.3 is 15.3 Å². The molecule has 1 fully saturated rings. The Morgan fingerprint density at radius 1 is 1.50 bits per heavy atom. The molecule has 5 heteroatoms. The van der Waals surface area contributed by atoms with E-state index in [0.717, 1.165) is 22.7 Å². The van der Waals surface area contributed by atoms with Crippen molar-refractivity contribution in [3.8, 4) is 0 Å². The van der Waals surface area contributed by atoms with Gasteiger partial charge >= 0.3 is 0 Å². The highest BCUT2D eigenvalue weighted by molar-refractivity contribution is 6.32. The van der Waals surface area contributed by atoms with Crippen molar-refractivity contribution >= 4 is 23.2 Å². The molecule has 1 aromatic carbocycles. The monoisotopic (exact) mass is 266 g/mol. The minimum Gasteiger partial charge on any atom is -0.392 e. The fourth-order valence-electron chi connectivity index (χ4n) is 2.71. The van der Waals surface area contributed by atoms with E-state index in [1.54, 1.807) is 4.90 Å². The Morgan fingerprint density at radius 3 is 3.06 bits per heavy atom. The molecule has 2 heterocycles. The molecule has 18 heavy (non-hydrogen) atoms. The summed E-state index contributed by atoms with van der Waals surface area (Å²) in [5.74, 6) is 0.0348. The Labute approximate surface area is 111 Å². The molecule has 2 atom stereocenters. The number of nitrogens with zero attached hydrogens (tertiary/aromatic N) is 1. The van der Waals surface area contributed by atoms with Crippen LogP contribution in [0.25, 0.3) is 0 Å². The zero-order chi connectivity index (χ0) is 12.7. The number of amides is 1. The zero-order valence-corrected chi connectivity index (χ0v) is 10.7. The molecule has 0 radical (unpaired) electrons. The van der Waals surface area contributed by atoms with Crippen LogP contribution in [0.1, 0.15) is 12.0 Å². The Morgan fingerprint density at radius 2 is 2.33 bits per heavy atom. The van der Waals surface area contributed by atoms with Crippen molar-refractivity contribution in [2.45, 2.75) is 25.0 Å². The first-order valence-corrected chi connectivity index (χ1v) is 6.55. The van der Waals surface area contributed by atoms with Gasteiger partial charge in [0.2, 0.25) is 5.91 Å². The van der Waals surface area contributed by atoms with Crippen LogP contribution in [-0.2, 0) is 11.2 Å². The van der Waals surface area contributed by atoms with Crippen molar-refractivity contribution in [1.29, 1.82) is 0 Å². The normalized spacial score (nSPS) is 26.4. The SMILES string of the molecule is O=C(C1CC(O)CN1)N1CCc2c(Cl)cccc21. The van der Waals surface area contributed by atoms with Gasteiger partial charge in [-0.3, -0.25) is 4.79 Å². The first-order chi connectivity index (χ1) is 8.66. The molecule has 96 valence electrons. The van der Waals surface area contributed by atoms with Gasteiger partial charge in [-0.05, 0) is 30.5 Å². The lowest BCUT2D eigenvalue weighted by molar-refractivity contribution is -0.120. The van der Waals surface area contributed by atoms with E-state index in [4.69, 9.17) is 11.6 Å². The molecule has 2 aliphatic rings. The van der Waals surface area contributed by atoms with E-state index in [0.29, 0.717) is 19.5 Å². The molecule has 1 aromatic rings. The number of aliphatic hydroxyl groups is 1. The molecule has 2 aliphatic heterocycles. The highest BCUT2D eigenvalue weighted by Crippen LogP contribution is 2.34. The molecule has 1 amide bonds. The Hall–Kier alpha value is -1.10. The number of aliphatic hydroxyl groups excluding tert-OH is 1. The quantitative estimate of drug-likeness (QED) is 0.796. The third-order valence-electron chi connectivity index (χ3n) is 3.64. The second kappa shape index (κ2) is 4.53. The maximum Gasteiger partial charge on any atom is 0.244 e. The molecule has 0 aliphatic carbocycles. The predicted molar refractivity (Wildman–Crippen MR) is 69.9 cm³/mol. The van der Waals surface area contributed by atoms with Gasteiger partial charge in [0.15, 0.2) is 0 Å². The third-order valence-corrected chi connectivity index (χ3v) is 4.00. The summed E-state index contributed by atoms with van der Waals surface area (Å²) in [6.45, 7) is 1.17. The van der Waals surface area contributed by atoms with Crippen LogP contribution in [0.5, 0.6) is 0 Å². The fourth-order valence-corrected chi connectivity index (χ4v) is 2.98. The summed E-state index contributed by atoms with van der Waals surface area (Å²) < 4.78 is 0. The van der Waals surface area contributed by atoms with E-state index >= 15 is 0 Å². The predicted octanol–water partition coefficient (Wildman–Crippen LogP) is 0.952. The van der Waals surface area contributed by atoms with Crippen molar-refractivity contribution in [1.82, 2.24) is 5.32 Å². The molecule has 0 bridgehead atoms. The third kappa shape index (κ3) is 1.90. The first kappa shape index (κ1) is 12.0. The van der Waals surface area contributed by atoms with E-state index in [1.165, 1.54) is 0 Å². The number of nitrogens with one attached hydrogen (secondary N) is 1. The smallest absolute Gasteiger partial charge is 0.244 e. The number of halogens is 1. The number of carbonyl (C=O) groups excluding carboxylic acids is 1. The fraction of sp³-hybridized carbons (Fsp3) is 0.462. The standard InChI is InChI=1S/C13H15ClN2O2/c14-10-2-1-3-12-9(10)4-5-16(12)13(18)11-6-8(17)7-15-11/h1-3,8,11,15,17H,4-7H2. The van der Waals surface area contributed by atoms with Crippen LogP contribution < -0.4 is 10.2 Å². The second-order valence-electron chi connectivity index (χ2n) is 4.83. The van der Waals surface area contributed by atoms with Crippen molar-refractivity contribution in [3.63, 3.8) is 0 Å². The van der Waals surface area contributed by atoms with E-state index < -0.39 is 6.10 Å². The van der Waals surface area contributed by atoms with Crippen LogP contribution in [0.3, 0.4) is 0 Å². The molecule has 2 N–H and O–H groups in total. The Balaban J connectivity index is 1.84. The highest BCUT2D eigenvalue weighted by atomic mass is 35.5. The zero-order valence-electron chi connectivity index (χ0n) is 9.90. The van der Waals surface area contributed by atoms with Gasteiger partial charge in [0, 0.05) is 23.8 Å². The minimum atomic E-state index is -0.416. The molecule has 1 saturated heterocycles. The molecule has 4 nitrogen and oxygen atoms in total. The van der Waals surface area contributed by atoms with Gasteiger partial charge in [-0.25, -0.2) is 0 Å². The number of hydrogen-bond acceptors (Lipinski definition) is 3. The average molecular weight is 267 g/mol. The summed E-state index contributed by atoms with van der Waals surface area (Å²) in [6.07, 6.45) is 0.877. The second-order valence-corrected chi connectivity index (χ2v) is 5.23. The van der Waals surface area contributed by atoms with Crippen LogP contribution in [0, 0.1) is 0 Å². The summed E-state index contributed by atoms with van der Waals surface area (Å²) in [5.41, 5.74) is 1.96. The van der Waals surface area contributed by atoms with E-state index in [2.05, 4.69) is 5.32 Å². The average Bonchev–Trinajstić information content (AvgIpc) is 2.95. The largest absolute Gasteiger partial charge is 0.392 e. The van der Waals surface area contributed by atoms with E-state index in [1.807, 2.05) is 18.2 Å². The number of β-amino-alcohol motifs (C(OH)–C–C–N with tert-alkyl or cyclic N) is 1. The van der Waals surface area contributed by atoms with Gasteiger partial charge in [0.05, 0.1) is 12.1 Å². The van der Waals surface area contributed by atoms with E-state index in [-0.39, 0.29) is 11.9 Å². The summed E-state index contributed by atoms with van der Waals surface area (Å²) in [6, 6.07) is 5.37. The molecule has 3 rings (SSSR count). The number of fused-ring (bicyclic) bond motifs is 1. The summed E-state index contributed by atoms with van der Waals surface area (Å²) in [5, 5.41) is 13.3. The van der Waals surface area contributed by atoms with Gasteiger partial charge in [0.25, 0.3) is 0 Å². The van der Waals surface area contributed by atoms with Crippen molar-refractivity contribution in [3.05, 3.63) is 28.8 Å². The summed E-state index contributed by atoms with van der Waals surface area (Å²) in [4.78, 5) is 14.2. The summed E-state index contributed by atoms with van der Waals surface area (Å²) in [7, 11) is 0. The molecular formula is C13H15ClN2O2. The number of hydrogen-bond donors (Lipinski definition) is 2. The number of anilines is 1. The van der Waals surface area contributed by atoms with Crippen molar-refractivity contribution in [2.75, 3.05) is 18.0 Å². The first-order valence-electron chi connectivity index (χ1n) is 6.17. The van der Waals surface area contributed by atoms with Crippen LogP contribution >= 0.6 is 11.6 Å². The lowest BCUT2D eigenvalue weighted by atomic mass is 10.1. The van der Waals surface area contributed by atoms with Crippen LogP contribution in [-0.4, -0.2) is 36.2 Å². The Bertz CT molecular complexity index is 492. The number of rotatable bonds is 1. The van der Waals surface area contributed by atoms with Gasteiger partial charge in [-0.15, -0.1) is 0 Å². The van der Waals surface area contributed by atoms with Crippen molar-refractivity contribution < 1.29 is 9.90 Å². The van der Waals surface area contributed by atoms with E-state index in [9.17, 15) is 9.90 Å². The minimum absolute atomic E-state index is 0.0348. The van der Waals surface area contributed by atoms with Crippen molar-refractivity contribution in [2.24, 2.45) is 0 Å². The van der Waals surface area contributed by atoms with Gasteiger partial charge in [-0.2, -0.15) is 0 Å². The molecule has 0 spiro atoms. The van der Waals surface area contributed by atoms with Crippen LogP contribution in [0.2, 0.25) is 5.02 Å². The highest BCUT2D eigenvalue weighted by Gasteiger charge is 2.34. The lowest BCUT2D eigenvalue weighted by Crippen LogP contribution is -2.42. The molecular weight excluding hydrogens is 252 g/mol. The molecule has 0 aromatic heterocycles. The Kier molecular flexibility index (Phi) is 3.01. The molecule has 0 saturated carbocycles. The van der Waals surface area contributed by atoms with Gasteiger partial charge in [-0.1, -0.05) is 17.7 Å².